The smallest absolute Gasteiger partial charge is 0.228 e. The Morgan fingerprint density at radius 3 is 1.78 bits per heavy atom. The third kappa shape index (κ3) is 2.64. The van der Waals surface area contributed by atoms with Crippen LogP contribution in [0.1, 0.15) is 25.7 Å². The highest BCUT2D eigenvalue weighted by Gasteiger charge is 2.31. The van der Waals surface area contributed by atoms with Crippen molar-refractivity contribution in [2.45, 2.75) is 25.7 Å². The van der Waals surface area contributed by atoms with E-state index in [2.05, 4.69) is 20.6 Å². The lowest BCUT2D eigenvalue weighted by molar-refractivity contribution is -0.118. The molecule has 0 spiro atoms. The van der Waals surface area contributed by atoms with E-state index < -0.39 is 0 Å². The monoisotopic (exact) mass is 246 g/mol. The average Bonchev–Trinajstić information content (AvgIpc) is 3.19. The Balaban J connectivity index is 1.63. The molecule has 0 aliphatic heterocycles. The first-order valence-corrected chi connectivity index (χ1v) is 6.16. The highest BCUT2D eigenvalue weighted by Crippen LogP contribution is 2.31. The van der Waals surface area contributed by atoms with Crippen LogP contribution in [0, 0.1) is 11.8 Å². The molecule has 0 bridgehead atoms. The Hall–Kier alpha value is -1.98. The van der Waals surface area contributed by atoms with Crippen LogP contribution in [-0.4, -0.2) is 21.8 Å². The van der Waals surface area contributed by atoms with Gasteiger partial charge in [-0.1, -0.05) is 0 Å². The Morgan fingerprint density at radius 2 is 1.39 bits per heavy atom. The molecule has 2 N–H and O–H groups in total. The predicted octanol–water partition coefficient (Wildman–Crippen LogP) is 1.17. The third-order valence-electron chi connectivity index (χ3n) is 3.03. The highest BCUT2D eigenvalue weighted by molar-refractivity contribution is 5.94. The van der Waals surface area contributed by atoms with E-state index in [1.54, 1.807) is 0 Å². The molecular weight excluding hydrogens is 232 g/mol. The van der Waals surface area contributed by atoms with Crippen LogP contribution < -0.4 is 10.6 Å². The molecule has 0 radical (unpaired) electrons. The minimum atomic E-state index is -0.0185. The van der Waals surface area contributed by atoms with Crippen LogP contribution in [-0.2, 0) is 9.59 Å². The second kappa shape index (κ2) is 4.36. The van der Waals surface area contributed by atoms with Gasteiger partial charge < -0.3 is 10.6 Å². The van der Waals surface area contributed by atoms with Crippen LogP contribution in [0.25, 0.3) is 0 Å². The van der Waals surface area contributed by atoms with Crippen molar-refractivity contribution in [3.05, 3.63) is 12.4 Å². The van der Waals surface area contributed by atoms with Gasteiger partial charge in [0.2, 0.25) is 11.8 Å². The molecule has 2 fully saturated rings. The van der Waals surface area contributed by atoms with E-state index in [1.165, 1.54) is 12.4 Å². The molecule has 2 amide bonds. The number of rotatable bonds is 4. The highest BCUT2D eigenvalue weighted by atomic mass is 16.2. The molecule has 3 rings (SSSR count). The number of aromatic nitrogens is 2. The van der Waals surface area contributed by atoms with Crippen molar-refractivity contribution in [1.82, 2.24) is 9.97 Å². The van der Waals surface area contributed by atoms with Crippen LogP contribution in [0.4, 0.5) is 11.6 Å². The molecule has 1 aromatic rings. The van der Waals surface area contributed by atoms with Gasteiger partial charge in [-0.05, 0) is 25.7 Å². The summed E-state index contributed by atoms with van der Waals surface area (Å²) in [5, 5.41) is 5.40. The summed E-state index contributed by atoms with van der Waals surface area (Å²) in [6.07, 6.45) is 6.73. The fourth-order valence-corrected chi connectivity index (χ4v) is 1.63. The average molecular weight is 246 g/mol. The summed E-state index contributed by atoms with van der Waals surface area (Å²) < 4.78 is 0. The molecule has 2 aliphatic rings. The van der Waals surface area contributed by atoms with Gasteiger partial charge in [-0.25, -0.2) is 4.98 Å². The molecule has 0 aromatic carbocycles. The predicted molar refractivity (Wildman–Crippen MR) is 64.7 cm³/mol. The van der Waals surface area contributed by atoms with E-state index in [1.807, 2.05) is 0 Å². The first-order valence-electron chi connectivity index (χ1n) is 6.16. The molecule has 18 heavy (non-hydrogen) atoms. The van der Waals surface area contributed by atoms with Gasteiger partial charge in [-0.3, -0.25) is 14.6 Å². The number of hydrogen-bond acceptors (Lipinski definition) is 4. The van der Waals surface area contributed by atoms with E-state index in [0.717, 1.165) is 25.7 Å². The number of carbonyl (C=O) groups excluding carboxylic acids is 2. The first kappa shape index (κ1) is 11.1. The summed E-state index contributed by atoms with van der Waals surface area (Å²) in [5.74, 6) is 0.985. The second-order valence-corrected chi connectivity index (χ2v) is 4.82. The van der Waals surface area contributed by atoms with Crippen LogP contribution >= 0.6 is 0 Å². The van der Waals surface area contributed by atoms with E-state index in [4.69, 9.17) is 0 Å². The van der Waals surface area contributed by atoms with Crippen molar-refractivity contribution in [2.75, 3.05) is 10.6 Å². The van der Waals surface area contributed by atoms with E-state index in [9.17, 15) is 9.59 Å². The Bertz CT molecular complexity index is 453. The number of carbonyl (C=O) groups is 2. The van der Waals surface area contributed by atoms with Gasteiger partial charge in [0.05, 0.1) is 12.4 Å². The minimum absolute atomic E-state index is 0.0185. The molecule has 6 heteroatoms. The standard InChI is InChI=1S/C12H14N4O2/c17-11(7-1-2-7)15-9-5-13-6-10(14-9)16-12(18)8-3-4-8/h5-8H,1-4H2,(H2,14,15,16,17,18). The van der Waals surface area contributed by atoms with Crippen LogP contribution in [0.3, 0.4) is 0 Å². The van der Waals surface area contributed by atoms with Gasteiger partial charge in [0.25, 0.3) is 0 Å². The maximum absolute atomic E-state index is 11.6. The van der Waals surface area contributed by atoms with Crippen LogP contribution in [0.15, 0.2) is 12.4 Å². The van der Waals surface area contributed by atoms with E-state index in [0.29, 0.717) is 11.6 Å². The summed E-state index contributed by atoms with van der Waals surface area (Å²) in [7, 11) is 0. The van der Waals surface area contributed by atoms with Crippen molar-refractivity contribution < 1.29 is 9.59 Å². The van der Waals surface area contributed by atoms with Crippen molar-refractivity contribution in [3.8, 4) is 0 Å². The SMILES string of the molecule is O=C(Nc1cncc(NC(=O)C2CC2)n1)C1CC1. The van der Waals surface area contributed by atoms with Crippen molar-refractivity contribution in [3.63, 3.8) is 0 Å². The second-order valence-electron chi connectivity index (χ2n) is 4.82. The van der Waals surface area contributed by atoms with Gasteiger partial charge in [0, 0.05) is 11.8 Å². The number of nitrogens with one attached hydrogen (secondary N) is 2. The summed E-state index contributed by atoms with van der Waals surface area (Å²) in [6.45, 7) is 0. The maximum atomic E-state index is 11.6. The fraction of sp³-hybridized carbons (Fsp3) is 0.500. The van der Waals surface area contributed by atoms with Gasteiger partial charge in [-0.15, -0.1) is 0 Å². The molecule has 6 nitrogen and oxygen atoms in total. The van der Waals surface area contributed by atoms with Crippen molar-refractivity contribution in [2.24, 2.45) is 11.8 Å². The normalized spacial score (nSPS) is 18.2. The number of hydrogen-bond donors (Lipinski definition) is 2. The van der Waals surface area contributed by atoms with E-state index in [-0.39, 0.29) is 23.7 Å². The quantitative estimate of drug-likeness (QED) is 0.835. The van der Waals surface area contributed by atoms with E-state index >= 15 is 0 Å². The molecule has 0 saturated heterocycles. The fourth-order valence-electron chi connectivity index (χ4n) is 1.63. The number of nitrogens with zero attached hydrogens (tertiary/aromatic N) is 2. The summed E-state index contributed by atoms with van der Waals surface area (Å²) in [4.78, 5) is 31.2. The topological polar surface area (TPSA) is 84.0 Å². The van der Waals surface area contributed by atoms with Crippen molar-refractivity contribution in [1.29, 1.82) is 0 Å². The maximum Gasteiger partial charge on any atom is 0.228 e. The first-order chi connectivity index (χ1) is 8.72. The summed E-state index contributed by atoms with van der Waals surface area (Å²) in [6, 6.07) is 0. The molecule has 2 aliphatic carbocycles. The molecule has 0 atom stereocenters. The lowest BCUT2D eigenvalue weighted by Gasteiger charge is -2.06. The Kier molecular flexibility index (Phi) is 2.70. The van der Waals surface area contributed by atoms with Gasteiger partial charge in [0.15, 0.2) is 11.6 Å². The summed E-state index contributed by atoms with van der Waals surface area (Å²) >= 11 is 0. The van der Waals surface area contributed by atoms with Crippen LogP contribution in [0.2, 0.25) is 0 Å². The lowest BCUT2D eigenvalue weighted by Crippen LogP contribution is -2.17. The zero-order valence-electron chi connectivity index (χ0n) is 9.85. The Labute approximate surface area is 104 Å². The summed E-state index contributed by atoms with van der Waals surface area (Å²) in [5.41, 5.74) is 0. The molecule has 94 valence electrons. The minimum Gasteiger partial charge on any atom is -0.309 e. The number of anilines is 2. The lowest BCUT2D eigenvalue weighted by atomic mass is 10.4. The third-order valence-corrected chi connectivity index (χ3v) is 3.03. The largest absolute Gasteiger partial charge is 0.309 e. The molecule has 2 saturated carbocycles. The molecule has 0 unspecified atom stereocenters. The van der Waals surface area contributed by atoms with Gasteiger partial charge >= 0.3 is 0 Å². The van der Waals surface area contributed by atoms with Gasteiger partial charge in [0.1, 0.15) is 0 Å². The van der Waals surface area contributed by atoms with Crippen LogP contribution in [0.5, 0.6) is 0 Å². The zero-order valence-corrected chi connectivity index (χ0v) is 9.85. The molecule has 1 heterocycles. The molecule has 1 aromatic heterocycles. The number of amides is 2. The Morgan fingerprint density at radius 1 is 0.944 bits per heavy atom. The molecular formula is C12H14N4O2. The van der Waals surface area contributed by atoms with Gasteiger partial charge in [-0.2, -0.15) is 0 Å². The zero-order chi connectivity index (χ0) is 12.5. The van der Waals surface area contributed by atoms with Crippen molar-refractivity contribution >= 4 is 23.5 Å².